The fourth-order valence-electron chi connectivity index (χ4n) is 1.58. The van der Waals surface area contributed by atoms with E-state index in [9.17, 15) is 0 Å². The van der Waals surface area contributed by atoms with Crippen LogP contribution in [0.5, 0.6) is 0 Å². The summed E-state index contributed by atoms with van der Waals surface area (Å²) in [4.78, 5) is 0. The lowest BCUT2D eigenvalue weighted by Gasteiger charge is -2.26. The highest BCUT2D eigenvalue weighted by Crippen LogP contribution is 2.29. The first-order chi connectivity index (χ1) is 6.75. The van der Waals surface area contributed by atoms with Crippen molar-refractivity contribution in [2.75, 3.05) is 11.9 Å². The molecule has 76 valence electrons. The first-order valence-electron chi connectivity index (χ1n) is 4.94. The number of hydrogen-bond donors (Lipinski definition) is 1. The van der Waals surface area contributed by atoms with Crippen molar-refractivity contribution in [1.29, 1.82) is 0 Å². The van der Waals surface area contributed by atoms with Gasteiger partial charge in [-0.2, -0.15) is 0 Å². The Kier molecular flexibility index (Phi) is 3.19. The van der Waals surface area contributed by atoms with E-state index in [1.165, 1.54) is 19.3 Å². The first-order valence-corrected chi connectivity index (χ1v) is 5.70. The van der Waals surface area contributed by atoms with Gasteiger partial charge in [0.15, 0.2) is 0 Å². The van der Waals surface area contributed by atoms with Crippen LogP contribution < -0.4 is 5.32 Å². The Morgan fingerprint density at radius 2 is 2.07 bits per heavy atom. The van der Waals surface area contributed by atoms with Crippen LogP contribution in [0.2, 0.25) is 10.0 Å². The van der Waals surface area contributed by atoms with Gasteiger partial charge in [-0.05, 0) is 37.0 Å². The highest BCUT2D eigenvalue weighted by Gasteiger charge is 2.16. The van der Waals surface area contributed by atoms with E-state index in [-0.39, 0.29) is 0 Å². The Labute approximate surface area is 94.4 Å². The molecule has 1 fully saturated rings. The van der Waals surface area contributed by atoms with Crippen molar-refractivity contribution in [2.45, 2.75) is 19.3 Å². The summed E-state index contributed by atoms with van der Waals surface area (Å²) < 4.78 is 0. The molecule has 0 saturated heterocycles. The third-order valence-electron chi connectivity index (χ3n) is 2.73. The van der Waals surface area contributed by atoms with Gasteiger partial charge < -0.3 is 5.32 Å². The molecule has 0 radical (unpaired) electrons. The summed E-state index contributed by atoms with van der Waals surface area (Å²) >= 11 is 11.9. The van der Waals surface area contributed by atoms with Gasteiger partial charge in [-0.3, -0.25) is 0 Å². The van der Waals surface area contributed by atoms with Crippen molar-refractivity contribution >= 4 is 28.9 Å². The fraction of sp³-hybridized carbons (Fsp3) is 0.455. The molecule has 2 rings (SSSR count). The van der Waals surface area contributed by atoms with Gasteiger partial charge >= 0.3 is 0 Å². The fourth-order valence-corrected chi connectivity index (χ4v) is 1.94. The third kappa shape index (κ3) is 2.34. The second-order valence-corrected chi connectivity index (χ2v) is 4.65. The maximum Gasteiger partial charge on any atom is 0.0638 e. The van der Waals surface area contributed by atoms with Gasteiger partial charge in [0, 0.05) is 11.6 Å². The van der Waals surface area contributed by atoms with Gasteiger partial charge in [0.2, 0.25) is 0 Å². The lowest BCUT2D eigenvalue weighted by molar-refractivity contribution is 0.333. The van der Waals surface area contributed by atoms with Gasteiger partial charge in [0.25, 0.3) is 0 Å². The van der Waals surface area contributed by atoms with Crippen molar-refractivity contribution in [3.63, 3.8) is 0 Å². The molecule has 0 bridgehead atoms. The molecule has 0 amide bonds. The maximum absolute atomic E-state index is 6.02. The molecule has 1 aliphatic carbocycles. The van der Waals surface area contributed by atoms with Gasteiger partial charge in [-0.1, -0.05) is 29.6 Å². The van der Waals surface area contributed by atoms with Crippen molar-refractivity contribution in [3.8, 4) is 0 Å². The van der Waals surface area contributed by atoms with Crippen LogP contribution in [-0.4, -0.2) is 6.54 Å². The molecule has 0 heterocycles. The lowest BCUT2D eigenvalue weighted by Crippen LogP contribution is -2.20. The predicted octanol–water partition coefficient (Wildman–Crippen LogP) is 4.21. The Bertz CT molecular complexity index is 321. The van der Waals surface area contributed by atoms with E-state index >= 15 is 0 Å². The largest absolute Gasteiger partial charge is 0.384 e. The Balaban J connectivity index is 1.96. The number of nitrogens with one attached hydrogen (secondary N) is 1. The van der Waals surface area contributed by atoms with Crippen molar-refractivity contribution < 1.29 is 0 Å². The van der Waals surface area contributed by atoms with Crippen LogP contribution in [0.25, 0.3) is 0 Å². The highest BCUT2D eigenvalue weighted by molar-refractivity contribution is 6.35. The monoisotopic (exact) mass is 229 g/mol. The van der Waals surface area contributed by atoms with Crippen LogP contribution in [0.3, 0.4) is 0 Å². The molecule has 3 heteroatoms. The number of rotatable bonds is 3. The highest BCUT2D eigenvalue weighted by atomic mass is 35.5. The van der Waals surface area contributed by atoms with E-state index in [1.807, 2.05) is 12.1 Å². The van der Waals surface area contributed by atoms with Crippen LogP contribution in [0, 0.1) is 5.92 Å². The predicted molar refractivity (Wildman–Crippen MR) is 62.3 cm³/mol. The summed E-state index contributed by atoms with van der Waals surface area (Å²) in [5.74, 6) is 0.824. The van der Waals surface area contributed by atoms with E-state index in [0.29, 0.717) is 0 Å². The summed E-state index contributed by atoms with van der Waals surface area (Å²) in [7, 11) is 0. The second kappa shape index (κ2) is 4.41. The van der Waals surface area contributed by atoms with Crippen LogP contribution >= 0.6 is 23.2 Å². The second-order valence-electron chi connectivity index (χ2n) is 3.80. The van der Waals surface area contributed by atoms with Crippen molar-refractivity contribution in [2.24, 2.45) is 5.92 Å². The lowest BCUT2D eigenvalue weighted by atomic mass is 9.85. The summed E-state index contributed by atoms with van der Waals surface area (Å²) in [5.41, 5.74) is 0.950. The molecule has 0 unspecified atom stereocenters. The standard InChI is InChI=1S/C11H13Cl2N/c12-9-4-5-10(13)11(6-9)14-7-8-2-1-3-8/h4-6,8,14H,1-3,7H2. The molecule has 1 aliphatic rings. The molecule has 0 spiro atoms. The van der Waals surface area contributed by atoms with E-state index < -0.39 is 0 Å². The van der Waals surface area contributed by atoms with Crippen molar-refractivity contribution in [1.82, 2.24) is 0 Å². The number of anilines is 1. The van der Waals surface area contributed by atoms with Crippen LogP contribution in [-0.2, 0) is 0 Å². The molecular weight excluding hydrogens is 217 g/mol. The van der Waals surface area contributed by atoms with Gasteiger partial charge in [-0.15, -0.1) is 0 Å². The molecule has 1 nitrogen and oxygen atoms in total. The Morgan fingerprint density at radius 1 is 1.29 bits per heavy atom. The molecule has 1 N–H and O–H groups in total. The summed E-state index contributed by atoms with van der Waals surface area (Å²) in [5, 5.41) is 4.81. The third-order valence-corrected chi connectivity index (χ3v) is 3.30. The zero-order chi connectivity index (χ0) is 9.97. The number of benzene rings is 1. The zero-order valence-electron chi connectivity index (χ0n) is 7.89. The summed E-state index contributed by atoms with van der Waals surface area (Å²) in [6.45, 7) is 1.01. The molecule has 1 saturated carbocycles. The van der Waals surface area contributed by atoms with Crippen molar-refractivity contribution in [3.05, 3.63) is 28.2 Å². The summed E-state index contributed by atoms with van der Waals surface area (Å²) in [6, 6.07) is 5.51. The minimum atomic E-state index is 0.727. The van der Waals surface area contributed by atoms with E-state index in [0.717, 1.165) is 28.2 Å². The number of halogens is 2. The van der Waals surface area contributed by atoms with Crippen LogP contribution in [0.15, 0.2) is 18.2 Å². The smallest absolute Gasteiger partial charge is 0.0638 e. The van der Waals surface area contributed by atoms with Gasteiger partial charge in [-0.25, -0.2) is 0 Å². The molecule has 1 aromatic carbocycles. The quantitative estimate of drug-likeness (QED) is 0.820. The Hall–Kier alpha value is -0.400. The SMILES string of the molecule is Clc1ccc(Cl)c(NCC2CCC2)c1. The van der Waals surface area contributed by atoms with E-state index in [4.69, 9.17) is 23.2 Å². The van der Waals surface area contributed by atoms with E-state index in [1.54, 1.807) is 6.07 Å². The summed E-state index contributed by atoms with van der Waals surface area (Å²) in [6.07, 6.45) is 4.05. The first kappa shape index (κ1) is 10.1. The molecule has 0 aromatic heterocycles. The molecule has 0 aliphatic heterocycles. The molecule has 1 aromatic rings. The minimum Gasteiger partial charge on any atom is -0.384 e. The van der Waals surface area contributed by atoms with Gasteiger partial charge in [0.05, 0.1) is 10.7 Å². The average molecular weight is 230 g/mol. The number of hydrogen-bond acceptors (Lipinski definition) is 1. The van der Waals surface area contributed by atoms with Crippen LogP contribution in [0.4, 0.5) is 5.69 Å². The maximum atomic E-state index is 6.02. The molecule has 0 atom stereocenters. The zero-order valence-corrected chi connectivity index (χ0v) is 9.41. The van der Waals surface area contributed by atoms with Crippen LogP contribution in [0.1, 0.15) is 19.3 Å². The molecule has 14 heavy (non-hydrogen) atoms. The minimum absolute atomic E-state index is 0.727. The molecular formula is C11H13Cl2N. The topological polar surface area (TPSA) is 12.0 Å². The Morgan fingerprint density at radius 3 is 2.71 bits per heavy atom. The average Bonchev–Trinajstić information content (AvgIpc) is 2.08. The van der Waals surface area contributed by atoms with E-state index in [2.05, 4.69) is 5.32 Å². The van der Waals surface area contributed by atoms with Gasteiger partial charge in [0.1, 0.15) is 0 Å². The normalized spacial score (nSPS) is 16.4.